The average Bonchev–Trinajstić information content (AvgIpc) is 2.91. The first-order chi connectivity index (χ1) is 7.27. The number of hydrogen-bond donors (Lipinski definition) is 2. The van der Waals surface area contributed by atoms with E-state index in [2.05, 4.69) is 17.6 Å². The molecule has 0 aromatic rings. The highest BCUT2D eigenvalue weighted by Crippen LogP contribution is 2.27. The SMILES string of the molecule is CC(NC(=O)C1CSCN1)C1CCCC1.Cl. The molecule has 0 radical (unpaired) electrons. The zero-order chi connectivity index (χ0) is 10.7. The van der Waals surface area contributed by atoms with Gasteiger partial charge in [0.1, 0.15) is 0 Å². The Bertz CT molecular complexity index is 228. The van der Waals surface area contributed by atoms with Gasteiger partial charge in [-0.25, -0.2) is 0 Å². The number of halogens is 1. The van der Waals surface area contributed by atoms with Gasteiger partial charge in [0, 0.05) is 17.7 Å². The van der Waals surface area contributed by atoms with Crippen molar-refractivity contribution in [3.05, 3.63) is 0 Å². The van der Waals surface area contributed by atoms with Gasteiger partial charge in [-0.2, -0.15) is 0 Å². The number of nitrogens with one attached hydrogen (secondary N) is 2. The number of amides is 1. The lowest BCUT2D eigenvalue weighted by atomic mass is 9.99. The zero-order valence-corrected chi connectivity index (χ0v) is 11.3. The summed E-state index contributed by atoms with van der Waals surface area (Å²) in [6, 6.07) is 0.395. The van der Waals surface area contributed by atoms with E-state index in [0.29, 0.717) is 12.0 Å². The summed E-state index contributed by atoms with van der Waals surface area (Å²) >= 11 is 1.80. The maximum Gasteiger partial charge on any atom is 0.238 e. The molecule has 1 amide bonds. The van der Waals surface area contributed by atoms with Gasteiger partial charge in [0.15, 0.2) is 0 Å². The average molecular weight is 265 g/mol. The Morgan fingerprint density at radius 2 is 2.12 bits per heavy atom. The van der Waals surface area contributed by atoms with Crippen molar-refractivity contribution in [2.45, 2.75) is 44.7 Å². The molecule has 2 unspecified atom stereocenters. The lowest BCUT2D eigenvalue weighted by molar-refractivity contribution is -0.123. The highest BCUT2D eigenvalue weighted by molar-refractivity contribution is 7.99. The van der Waals surface area contributed by atoms with Crippen LogP contribution in [0.2, 0.25) is 0 Å². The minimum atomic E-state index is 0. The van der Waals surface area contributed by atoms with Gasteiger partial charge in [-0.15, -0.1) is 24.2 Å². The van der Waals surface area contributed by atoms with Crippen LogP contribution in [0, 0.1) is 5.92 Å². The van der Waals surface area contributed by atoms with Crippen LogP contribution in [0.5, 0.6) is 0 Å². The zero-order valence-electron chi connectivity index (χ0n) is 9.70. The van der Waals surface area contributed by atoms with Crippen LogP contribution in [0.25, 0.3) is 0 Å². The fourth-order valence-electron chi connectivity index (χ4n) is 2.46. The summed E-state index contributed by atoms with van der Waals surface area (Å²) in [4.78, 5) is 11.8. The van der Waals surface area contributed by atoms with Crippen LogP contribution < -0.4 is 10.6 Å². The number of carbonyl (C=O) groups excluding carboxylic acids is 1. The first-order valence-electron chi connectivity index (χ1n) is 5.89. The molecule has 0 bridgehead atoms. The highest BCUT2D eigenvalue weighted by Gasteiger charge is 2.27. The van der Waals surface area contributed by atoms with E-state index in [1.54, 1.807) is 11.8 Å². The first kappa shape index (κ1) is 14.1. The standard InChI is InChI=1S/C11H20N2OS.ClH/c1-8(9-4-2-3-5-9)13-11(14)10-6-15-7-12-10;/h8-10,12H,2-7H2,1H3,(H,13,14);1H. The van der Waals surface area contributed by atoms with Crippen LogP contribution in [-0.4, -0.2) is 29.6 Å². The molecule has 1 aliphatic carbocycles. The second-order valence-electron chi connectivity index (χ2n) is 4.61. The molecule has 1 aliphatic heterocycles. The molecule has 16 heavy (non-hydrogen) atoms. The van der Waals surface area contributed by atoms with E-state index in [1.807, 2.05) is 0 Å². The molecule has 0 aromatic heterocycles. The topological polar surface area (TPSA) is 41.1 Å². The normalized spacial score (nSPS) is 27.4. The van der Waals surface area contributed by atoms with Gasteiger partial charge >= 0.3 is 0 Å². The van der Waals surface area contributed by atoms with Crippen LogP contribution in [0.1, 0.15) is 32.6 Å². The Kier molecular flexibility index (Phi) is 5.94. The van der Waals surface area contributed by atoms with Gasteiger partial charge in [-0.1, -0.05) is 12.8 Å². The second kappa shape index (κ2) is 6.72. The molecule has 2 aliphatic rings. The van der Waals surface area contributed by atoms with E-state index in [0.717, 1.165) is 11.6 Å². The Balaban J connectivity index is 0.00000128. The summed E-state index contributed by atoms with van der Waals surface area (Å²) in [5, 5.41) is 6.35. The van der Waals surface area contributed by atoms with Crippen LogP contribution in [0.4, 0.5) is 0 Å². The minimum absolute atomic E-state index is 0. The fraction of sp³-hybridized carbons (Fsp3) is 0.909. The Morgan fingerprint density at radius 3 is 2.69 bits per heavy atom. The van der Waals surface area contributed by atoms with Gasteiger partial charge in [0.05, 0.1) is 6.04 Å². The number of hydrogen-bond acceptors (Lipinski definition) is 3. The van der Waals surface area contributed by atoms with Gasteiger partial charge in [0.2, 0.25) is 5.91 Å². The largest absolute Gasteiger partial charge is 0.352 e. The van der Waals surface area contributed by atoms with Crippen molar-refractivity contribution in [1.82, 2.24) is 10.6 Å². The first-order valence-corrected chi connectivity index (χ1v) is 7.04. The molecule has 0 aromatic carbocycles. The molecule has 1 saturated heterocycles. The predicted octanol–water partition coefficient (Wildman–Crippen LogP) is 1.77. The van der Waals surface area contributed by atoms with E-state index >= 15 is 0 Å². The van der Waals surface area contributed by atoms with Gasteiger partial charge < -0.3 is 5.32 Å². The molecule has 5 heteroatoms. The van der Waals surface area contributed by atoms with Crippen molar-refractivity contribution >= 4 is 30.1 Å². The highest BCUT2D eigenvalue weighted by atomic mass is 35.5. The summed E-state index contributed by atoms with van der Waals surface area (Å²) in [5.74, 6) is 2.74. The monoisotopic (exact) mass is 264 g/mol. The smallest absolute Gasteiger partial charge is 0.238 e. The quantitative estimate of drug-likeness (QED) is 0.816. The molecule has 0 spiro atoms. The van der Waals surface area contributed by atoms with Gasteiger partial charge in [-0.3, -0.25) is 10.1 Å². The van der Waals surface area contributed by atoms with Crippen molar-refractivity contribution in [3.8, 4) is 0 Å². The Morgan fingerprint density at radius 1 is 1.44 bits per heavy atom. The molecule has 1 heterocycles. The van der Waals surface area contributed by atoms with Crippen molar-refractivity contribution in [2.24, 2.45) is 5.92 Å². The molecule has 3 nitrogen and oxygen atoms in total. The van der Waals surface area contributed by atoms with Crippen LogP contribution in [0.15, 0.2) is 0 Å². The number of rotatable bonds is 3. The molecule has 2 atom stereocenters. The van der Waals surface area contributed by atoms with Crippen molar-refractivity contribution < 1.29 is 4.79 Å². The van der Waals surface area contributed by atoms with E-state index in [1.165, 1.54) is 25.7 Å². The summed E-state index contributed by atoms with van der Waals surface area (Å²) in [7, 11) is 0. The lowest BCUT2D eigenvalue weighted by Gasteiger charge is -2.22. The summed E-state index contributed by atoms with van der Waals surface area (Å²) < 4.78 is 0. The van der Waals surface area contributed by atoms with Gasteiger partial charge in [-0.05, 0) is 25.7 Å². The molecule has 2 fully saturated rings. The van der Waals surface area contributed by atoms with E-state index in [4.69, 9.17) is 0 Å². The van der Waals surface area contributed by atoms with Crippen LogP contribution >= 0.6 is 24.2 Å². The number of carbonyl (C=O) groups is 1. The van der Waals surface area contributed by atoms with Crippen LogP contribution in [-0.2, 0) is 4.79 Å². The fourth-order valence-corrected chi connectivity index (χ4v) is 3.41. The maximum atomic E-state index is 11.8. The van der Waals surface area contributed by atoms with E-state index < -0.39 is 0 Å². The Labute approximate surface area is 108 Å². The molecule has 2 N–H and O–H groups in total. The van der Waals surface area contributed by atoms with Gasteiger partial charge in [0.25, 0.3) is 0 Å². The lowest BCUT2D eigenvalue weighted by Crippen LogP contribution is -2.47. The van der Waals surface area contributed by atoms with E-state index in [9.17, 15) is 4.79 Å². The Hall–Kier alpha value is 0.0700. The third kappa shape index (κ3) is 3.54. The van der Waals surface area contributed by atoms with Crippen molar-refractivity contribution in [3.63, 3.8) is 0 Å². The summed E-state index contributed by atoms with van der Waals surface area (Å²) in [5.41, 5.74) is 0. The third-order valence-corrected chi connectivity index (χ3v) is 4.45. The second-order valence-corrected chi connectivity index (χ2v) is 5.64. The minimum Gasteiger partial charge on any atom is -0.352 e. The molecule has 94 valence electrons. The predicted molar refractivity (Wildman–Crippen MR) is 71.1 cm³/mol. The van der Waals surface area contributed by atoms with Crippen molar-refractivity contribution in [1.29, 1.82) is 0 Å². The third-order valence-electron chi connectivity index (χ3n) is 3.51. The van der Waals surface area contributed by atoms with Crippen molar-refractivity contribution in [2.75, 3.05) is 11.6 Å². The molecule has 2 rings (SSSR count). The summed E-state index contributed by atoms with van der Waals surface area (Å²) in [6.45, 7) is 2.15. The molecular weight excluding hydrogens is 244 g/mol. The molecule has 1 saturated carbocycles. The summed E-state index contributed by atoms with van der Waals surface area (Å²) in [6.07, 6.45) is 5.24. The van der Waals surface area contributed by atoms with Crippen LogP contribution in [0.3, 0.4) is 0 Å². The maximum absolute atomic E-state index is 11.8. The molecular formula is C11H21ClN2OS. The number of thioether (sulfide) groups is 1. The van der Waals surface area contributed by atoms with E-state index in [-0.39, 0.29) is 24.4 Å².